The monoisotopic (exact) mass is 315 g/mol. The summed E-state index contributed by atoms with van der Waals surface area (Å²) in [6.45, 7) is 1.94. The van der Waals surface area contributed by atoms with Gasteiger partial charge in [-0.1, -0.05) is 24.3 Å². The second kappa shape index (κ2) is 5.81. The largest absolute Gasteiger partial charge is 0.250 e. The van der Waals surface area contributed by atoms with E-state index in [9.17, 15) is 4.39 Å². The molecular formula is C20H14FN3. The van der Waals surface area contributed by atoms with Crippen LogP contribution < -0.4 is 0 Å². The van der Waals surface area contributed by atoms with Gasteiger partial charge in [0.25, 0.3) is 0 Å². The molecule has 24 heavy (non-hydrogen) atoms. The van der Waals surface area contributed by atoms with Crippen LogP contribution in [0.15, 0.2) is 66.7 Å². The van der Waals surface area contributed by atoms with Gasteiger partial charge in [0.05, 0.1) is 11.2 Å². The normalized spacial score (nSPS) is 10.9. The Labute approximate surface area is 138 Å². The number of nitrogens with zero attached hydrogens (tertiary/aromatic N) is 3. The SMILES string of the molecule is Cc1cccc(-c2nc(-c3ccc(F)cc3)c3ccccc3n2)n1. The lowest BCUT2D eigenvalue weighted by atomic mass is 10.1. The number of benzene rings is 2. The van der Waals surface area contributed by atoms with Crippen molar-refractivity contribution in [3.8, 4) is 22.8 Å². The van der Waals surface area contributed by atoms with E-state index >= 15 is 0 Å². The van der Waals surface area contributed by atoms with Gasteiger partial charge in [-0.05, 0) is 49.4 Å². The first kappa shape index (κ1) is 14.5. The average Bonchev–Trinajstić information content (AvgIpc) is 2.61. The number of aryl methyl sites for hydroxylation is 1. The number of para-hydroxylation sites is 1. The second-order valence-corrected chi connectivity index (χ2v) is 5.58. The first-order chi connectivity index (χ1) is 11.7. The highest BCUT2D eigenvalue weighted by molar-refractivity contribution is 5.93. The summed E-state index contributed by atoms with van der Waals surface area (Å²) in [6, 6.07) is 19.9. The lowest BCUT2D eigenvalue weighted by molar-refractivity contribution is 0.628. The Morgan fingerprint density at radius 1 is 0.750 bits per heavy atom. The molecule has 0 atom stereocenters. The molecular weight excluding hydrogens is 301 g/mol. The molecule has 0 aliphatic carbocycles. The van der Waals surface area contributed by atoms with Crippen LogP contribution in [-0.2, 0) is 0 Å². The third-order valence-electron chi connectivity index (χ3n) is 3.84. The highest BCUT2D eigenvalue weighted by atomic mass is 19.1. The molecule has 0 bridgehead atoms. The zero-order chi connectivity index (χ0) is 16.5. The zero-order valence-electron chi connectivity index (χ0n) is 13.1. The number of hydrogen-bond acceptors (Lipinski definition) is 3. The minimum absolute atomic E-state index is 0.266. The van der Waals surface area contributed by atoms with Gasteiger partial charge in [-0.15, -0.1) is 0 Å². The fourth-order valence-corrected chi connectivity index (χ4v) is 2.69. The van der Waals surface area contributed by atoms with E-state index < -0.39 is 0 Å². The Morgan fingerprint density at radius 2 is 1.54 bits per heavy atom. The molecule has 4 rings (SSSR count). The van der Waals surface area contributed by atoms with Crippen molar-refractivity contribution in [3.63, 3.8) is 0 Å². The summed E-state index contributed by atoms with van der Waals surface area (Å²) in [7, 11) is 0. The molecule has 0 saturated carbocycles. The molecule has 4 heteroatoms. The van der Waals surface area contributed by atoms with Crippen molar-refractivity contribution in [1.82, 2.24) is 15.0 Å². The van der Waals surface area contributed by atoms with E-state index in [1.165, 1.54) is 12.1 Å². The van der Waals surface area contributed by atoms with Crippen LogP contribution in [0.3, 0.4) is 0 Å². The van der Waals surface area contributed by atoms with Gasteiger partial charge in [-0.25, -0.2) is 19.3 Å². The van der Waals surface area contributed by atoms with E-state index in [2.05, 4.69) is 9.97 Å². The van der Waals surface area contributed by atoms with E-state index in [1.54, 1.807) is 12.1 Å². The predicted octanol–water partition coefficient (Wildman–Crippen LogP) is 4.81. The minimum atomic E-state index is -0.266. The van der Waals surface area contributed by atoms with Gasteiger partial charge in [0.15, 0.2) is 5.82 Å². The van der Waals surface area contributed by atoms with Crippen LogP contribution in [0.1, 0.15) is 5.69 Å². The maximum atomic E-state index is 13.3. The van der Waals surface area contributed by atoms with E-state index in [4.69, 9.17) is 4.98 Å². The summed E-state index contributed by atoms with van der Waals surface area (Å²) in [5.41, 5.74) is 4.10. The first-order valence-electron chi connectivity index (χ1n) is 7.67. The van der Waals surface area contributed by atoms with E-state index in [0.29, 0.717) is 5.82 Å². The van der Waals surface area contributed by atoms with Crippen molar-refractivity contribution in [2.24, 2.45) is 0 Å². The molecule has 116 valence electrons. The van der Waals surface area contributed by atoms with Gasteiger partial charge >= 0.3 is 0 Å². The molecule has 3 nitrogen and oxygen atoms in total. The molecule has 0 aliphatic rings. The van der Waals surface area contributed by atoms with Crippen LogP contribution in [0, 0.1) is 12.7 Å². The number of rotatable bonds is 2. The zero-order valence-corrected chi connectivity index (χ0v) is 13.1. The number of pyridine rings is 1. The van der Waals surface area contributed by atoms with Gasteiger partial charge in [0.1, 0.15) is 11.5 Å². The molecule has 2 heterocycles. The van der Waals surface area contributed by atoms with Crippen LogP contribution in [0.4, 0.5) is 4.39 Å². The van der Waals surface area contributed by atoms with Crippen LogP contribution >= 0.6 is 0 Å². The molecule has 4 aromatic rings. The summed E-state index contributed by atoms with van der Waals surface area (Å²) < 4.78 is 13.3. The Balaban J connectivity index is 1.99. The highest BCUT2D eigenvalue weighted by Gasteiger charge is 2.12. The third kappa shape index (κ3) is 2.63. The fourth-order valence-electron chi connectivity index (χ4n) is 2.69. The number of halogens is 1. The molecule has 0 spiro atoms. The Kier molecular flexibility index (Phi) is 3.50. The highest BCUT2D eigenvalue weighted by Crippen LogP contribution is 2.28. The Morgan fingerprint density at radius 3 is 2.33 bits per heavy atom. The van der Waals surface area contributed by atoms with Crippen molar-refractivity contribution in [1.29, 1.82) is 0 Å². The van der Waals surface area contributed by atoms with E-state index in [1.807, 2.05) is 49.4 Å². The molecule has 0 unspecified atom stereocenters. The lowest BCUT2D eigenvalue weighted by Crippen LogP contribution is -1.97. The standard InChI is InChI=1S/C20H14FN3/c1-13-5-4-8-18(22-13)20-23-17-7-3-2-6-16(17)19(24-20)14-9-11-15(21)12-10-14/h2-12H,1H3. The first-order valence-corrected chi connectivity index (χ1v) is 7.67. The van der Waals surface area contributed by atoms with Crippen LogP contribution in [0.2, 0.25) is 0 Å². The fraction of sp³-hybridized carbons (Fsp3) is 0.0500. The minimum Gasteiger partial charge on any atom is -0.250 e. The molecule has 0 fully saturated rings. The Bertz CT molecular complexity index is 1030. The number of hydrogen-bond donors (Lipinski definition) is 0. The Hall–Kier alpha value is -3.14. The summed E-state index contributed by atoms with van der Waals surface area (Å²) in [5, 5.41) is 0.931. The topological polar surface area (TPSA) is 38.7 Å². The number of aromatic nitrogens is 3. The van der Waals surface area contributed by atoms with Crippen molar-refractivity contribution < 1.29 is 4.39 Å². The molecule has 0 N–H and O–H groups in total. The maximum Gasteiger partial charge on any atom is 0.179 e. The van der Waals surface area contributed by atoms with E-state index in [0.717, 1.165) is 33.5 Å². The van der Waals surface area contributed by atoms with E-state index in [-0.39, 0.29) is 5.82 Å². The molecule has 2 aromatic heterocycles. The van der Waals surface area contributed by atoms with Gasteiger partial charge in [-0.3, -0.25) is 0 Å². The molecule has 0 aliphatic heterocycles. The van der Waals surface area contributed by atoms with Crippen molar-refractivity contribution in [2.75, 3.05) is 0 Å². The lowest BCUT2D eigenvalue weighted by Gasteiger charge is -2.09. The van der Waals surface area contributed by atoms with Crippen LogP contribution in [0.5, 0.6) is 0 Å². The van der Waals surface area contributed by atoms with Gasteiger partial charge in [0.2, 0.25) is 0 Å². The maximum absolute atomic E-state index is 13.3. The summed E-state index contributed by atoms with van der Waals surface area (Å²) in [5.74, 6) is 0.300. The smallest absolute Gasteiger partial charge is 0.179 e. The van der Waals surface area contributed by atoms with Gasteiger partial charge in [0, 0.05) is 16.6 Å². The van der Waals surface area contributed by atoms with Crippen molar-refractivity contribution in [3.05, 3.63) is 78.2 Å². The predicted molar refractivity (Wildman–Crippen MR) is 92.9 cm³/mol. The molecule has 0 amide bonds. The molecule has 2 aromatic carbocycles. The van der Waals surface area contributed by atoms with Gasteiger partial charge in [-0.2, -0.15) is 0 Å². The average molecular weight is 315 g/mol. The summed E-state index contributed by atoms with van der Waals surface area (Å²) in [4.78, 5) is 13.9. The summed E-state index contributed by atoms with van der Waals surface area (Å²) in [6.07, 6.45) is 0. The van der Waals surface area contributed by atoms with Crippen LogP contribution in [0.25, 0.3) is 33.7 Å². The quantitative estimate of drug-likeness (QED) is 0.533. The van der Waals surface area contributed by atoms with Gasteiger partial charge < -0.3 is 0 Å². The molecule has 0 saturated heterocycles. The third-order valence-corrected chi connectivity index (χ3v) is 3.84. The van der Waals surface area contributed by atoms with Crippen LogP contribution in [-0.4, -0.2) is 15.0 Å². The van der Waals surface area contributed by atoms with Crippen molar-refractivity contribution >= 4 is 10.9 Å². The summed E-state index contributed by atoms with van der Waals surface area (Å²) >= 11 is 0. The molecule has 0 radical (unpaired) electrons. The number of fused-ring (bicyclic) bond motifs is 1. The second-order valence-electron chi connectivity index (χ2n) is 5.58. The van der Waals surface area contributed by atoms with Crippen molar-refractivity contribution in [2.45, 2.75) is 6.92 Å².